The second kappa shape index (κ2) is 9.70. The average Bonchev–Trinajstić information content (AvgIpc) is 2.19. The van der Waals surface area contributed by atoms with Crippen molar-refractivity contribution in [3.05, 3.63) is 12.7 Å². The number of rotatable bonds is 10. The lowest BCUT2D eigenvalue weighted by Gasteiger charge is -2.06. The van der Waals surface area contributed by atoms with Gasteiger partial charge in [-0.1, -0.05) is 12.5 Å². The molecular weight excluding hydrogens is 215 g/mol. The summed E-state index contributed by atoms with van der Waals surface area (Å²) in [7, 11) is 0. The molecule has 0 rings (SSSR count). The summed E-state index contributed by atoms with van der Waals surface area (Å²) in [5, 5.41) is 3.16. The Balaban J connectivity index is 3.01. The Morgan fingerprint density at radius 1 is 0.938 bits per heavy atom. The van der Waals surface area contributed by atoms with Crippen LogP contribution in [-0.4, -0.2) is 19.3 Å². The van der Waals surface area contributed by atoms with Crippen molar-refractivity contribution in [2.45, 2.75) is 51.1 Å². The summed E-state index contributed by atoms with van der Waals surface area (Å²) in [4.78, 5) is 0. The standard InChI is InChI=1S/C12H22F3N/c1-2-3-4-5-7-10-16-11-8-6-9-12(13,14)15/h2,16H,1,3-11H2. The largest absolute Gasteiger partial charge is 0.389 e. The third kappa shape index (κ3) is 13.5. The van der Waals surface area contributed by atoms with Gasteiger partial charge in [-0.25, -0.2) is 0 Å². The van der Waals surface area contributed by atoms with Crippen LogP contribution in [0.25, 0.3) is 0 Å². The van der Waals surface area contributed by atoms with E-state index in [4.69, 9.17) is 0 Å². The summed E-state index contributed by atoms with van der Waals surface area (Å²) in [5.74, 6) is 0. The molecule has 0 spiro atoms. The predicted molar refractivity (Wildman–Crippen MR) is 61.4 cm³/mol. The Morgan fingerprint density at radius 2 is 1.56 bits per heavy atom. The molecule has 0 atom stereocenters. The van der Waals surface area contributed by atoms with E-state index in [1.54, 1.807) is 0 Å². The molecule has 4 heteroatoms. The van der Waals surface area contributed by atoms with E-state index < -0.39 is 12.6 Å². The Morgan fingerprint density at radius 3 is 2.12 bits per heavy atom. The number of unbranched alkanes of at least 4 members (excludes halogenated alkanes) is 4. The number of allylic oxidation sites excluding steroid dienone is 1. The van der Waals surface area contributed by atoms with Crippen LogP contribution in [0.4, 0.5) is 13.2 Å². The van der Waals surface area contributed by atoms with Gasteiger partial charge in [0.25, 0.3) is 0 Å². The first kappa shape index (κ1) is 15.5. The fourth-order valence-corrected chi connectivity index (χ4v) is 1.42. The first-order valence-corrected chi connectivity index (χ1v) is 5.94. The van der Waals surface area contributed by atoms with Gasteiger partial charge in [-0.2, -0.15) is 13.2 Å². The number of hydrogen-bond acceptors (Lipinski definition) is 1. The fraction of sp³-hybridized carbons (Fsp3) is 0.833. The van der Waals surface area contributed by atoms with Crippen LogP contribution < -0.4 is 5.32 Å². The van der Waals surface area contributed by atoms with Crippen molar-refractivity contribution in [3.8, 4) is 0 Å². The number of nitrogens with one attached hydrogen (secondary N) is 1. The lowest BCUT2D eigenvalue weighted by atomic mass is 10.2. The maximum absolute atomic E-state index is 11.8. The molecule has 16 heavy (non-hydrogen) atoms. The lowest BCUT2D eigenvalue weighted by molar-refractivity contribution is -0.135. The Kier molecular flexibility index (Phi) is 9.39. The van der Waals surface area contributed by atoms with Crippen LogP contribution in [0.3, 0.4) is 0 Å². The number of hydrogen-bond donors (Lipinski definition) is 1. The van der Waals surface area contributed by atoms with E-state index in [1.165, 1.54) is 0 Å². The fourth-order valence-electron chi connectivity index (χ4n) is 1.42. The normalized spacial score (nSPS) is 11.7. The van der Waals surface area contributed by atoms with Crippen molar-refractivity contribution in [1.82, 2.24) is 5.32 Å². The molecule has 0 radical (unpaired) electrons. The molecule has 0 heterocycles. The van der Waals surface area contributed by atoms with Crippen LogP contribution in [0.1, 0.15) is 44.9 Å². The van der Waals surface area contributed by atoms with Gasteiger partial charge < -0.3 is 5.32 Å². The van der Waals surface area contributed by atoms with Gasteiger partial charge in [0.2, 0.25) is 0 Å². The molecule has 0 aromatic carbocycles. The summed E-state index contributed by atoms with van der Waals surface area (Å²) in [6.45, 7) is 5.24. The summed E-state index contributed by atoms with van der Waals surface area (Å²) in [6.07, 6.45) is 2.53. The molecule has 1 N–H and O–H groups in total. The summed E-state index contributed by atoms with van der Waals surface area (Å²) in [6, 6.07) is 0. The molecule has 0 bridgehead atoms. The third-order valence-electron chi connectivity index (χ3n) is 2.33. The smallest absolute Gasteiger partial charge is 0.317 e. The van der Waals surface area contributed by atoms with E-state index in [-0.39, 0.29) is 6.42 Å². The summed E-state index contributed by atoms with van der Waals surface area (Å²) < 4.78 is 35.3. The molecule has 96 valence electrons. The van der Waals surface area contributed by atoms with Crippen LogP contribution >= 0.6 is 0 Å². The molecule has 0 saturated carbocycles. The van der Waals surface area contributed by atoms with Crippen molar-refractivity contribution >= 4 is 0 Å². The van der Waals surface area contributed by atoms with Gasteiger partial charge in [-0.3, -0.25) is 0 Å². The first-order valence-electron chi connectivity index (χ1n) is 5.94. The minimum absolute atomic E-state index is 0.229. The highest BCUT2D eigenvalue weighted by Gasteiger charge is 2.25. The van der Waals surface area contributed by atoms with Crippen molar-refractivity contribution in [3.63, 3.8) is 0 Å². The van der Waals surface area contributed by atoms with Gasteiger partial charge in [0.05, 0.1) is 0 Å². The van der Waals surface area contributed by atoms with Crippen LogP contribution in [0, 0.1) is 0 Å². The van der Waals surface area contributed by atoms with Crippen LogP contribution in [0.5, 0.6) is 0 Å². The number of alkyl halides is 3. The molecule has 0 saturated heterocycles. The molecule has 1 nitrogen and oxygen atoms in total. The topological polar surface area (TPSA) is 12.0 Å². The quantitative estimate of drug-likeness (QED) is 0.446. The van der Waals surface area contributed by atoms with E-state index in [0.717, 1.165) is 32.2 Å². The Hall–Kier alpha value is -0.510. The second-order valence-electron chi connectivity index (χ2n) is 3.96. The zero-order valence-corrected chi connectivity index (χ0v) is 9.78. The molecule has 0 aromatic heterocycles. The first-order chi connectivity index (χ1) is 7.56. The van der Waals surface area contributed by atoms with E-state index in [2.05, 4.69) is 11.9 Å². The predicted octanol–water partition coefficient (Wildman–Crippen LogP) is 4.06. The molecule has 0 amide bonds. The van der Waals surface area contributed by atoms with Crippen LogP contribution in [0.15, 0.2) is 12.7 Å². The van der Waals surface area contributed by atoms with E-state index in [1.807, 2.05) is 6.08 Å². The molecule has 0 aliphatic carbocycles. The van der Waals surface area contributed by atoms with Crippen molar-refractivity contribution in [1.29, 1.82) is 0 Å². The van der Waals surface area contributed by atoms with Crippen molar-refractivity contribution in [2.75, 3.05) is 13.1 Å². The summed E-state index contributed by atoms with van der Waals surface area (Å²) >= 11 is 0. The highest BCUT2D eigenvalue weighted by Crippen LogP contribution is 2.21. The van der Waals surface area contributed by atoms with Gasteiger partial charge in [0.15, 0.2) is 0 Å². The Bertz CT molecular complexity index is 166. The molecule has 0 unspecified atom stereocenters. The van der Waals surface area contributed by atoms with Gasteiger partial charge in [-0.05, 0) is 45.2 Å². The van der Waals surface area contributed by atoms with Crippen LogP contribution in [0.2, 0.25) is 0 Å². The van der Waals surface area contributed by atoms with Crippen molar-refractivity contribution < 1.29 is 13.2 Å². The third-order valence-corrected chi connectivity index (χ3v) is 2.33. The molecule has 0 aliphatic rings. The zero-order valence-electron chi connectivity index (χ0n) is 9.78. The monoisotopic (exact) mass is 237 g/mol. The van der Waals surface area contributed by atoms with E-state index in [0.29, 0.717) is 13.0 Å². The minimum atomic E-state index is -4.00. The maximum atomic E-state index is 11.8. The van der Waals surface area contributed by atoms with Crippen molar-refractivity contribution in [2.24, 2.45) is 0 Å². The number of halogens is 3. The molecule has 0 aromatic rings. The van der Waals surface area contributed by atoms with Crippen LogP contribution in [-0.2, 0) is 0 Å². The molecule has 0 fully saturated rings. The maximum Gasteiger partial charge on any atom is 0.389 e. The molecule has 0 aliphatic heterocycles. The van der Waals surface area contributed by atoms with Gasteiger partial charge in [-0.15, -0.1) is 6.58 Å². The highest BCUT2D eigenvalue weighted by molar-refractivity contribution is 4.65. The zero-order chi connectivity index (χ0) is 12.3. The van der Waals surface area contributed by atoms with E-state index in [9.17, 15) is 13.2 Å². The second-order valence-corrected chi connectivity index (χ2v) is 3.96. The van der Waals surface area contributed by atoms with Gasteiger partial charge in [0.1, 0.15) is 0 Å². The minimum Gasteiger partial charge on any atom is -0.317 e. The highest BCUT2D eigenvalue weighted by atomic mass is 19.4. The van der Waals surface area contributed by atoms with Gasteiger partial charge >= 0.3 is 6.18 Å². The average molecular weight is 237 g/mol. The SMILES string of the molecule is C=CCCCCCNCCCCC(F)(F)F. The lowest BCUT2D eigenvalue weighted by Crippen LogP contribution is -2.17. The summed E-state index contributed by atoms with van der Waals surface area (Å²) in [5.41, 5.74) is 0. The molecular formula is C12H22F3N. The Labute approximate surface area is 96.1 Å². The van der Waals surface area contributed by atoms with Gasteiger partial charge in [0, 0.05) is 6.42 Å². The van der Waals surface area contributed by atoms with E-state index >= 15 is 0 Å².